The number of halogens is 1. The zero-order valence-corrected chi connectivity index (χ0v) is 13.1. The van der Waals surface area contributed by atoms with Gasteiger partial charge in [-0.2, -0.15) is 4.98 Å². The molecule has 0 spiro atoms. The van der Waals surface area contributed by atoms with Crippen LogP contribution in [0.15, 0.2) is 6.07 Å². The summed E-state index contributed by atoms with van der Waals surface area (Å²) < 4.78 is 0. The van der Waals surface area contributed by atoms with E-state index in [-0.39, 0.29) is 5.95 Å². The van der Waals surface area contributed by atoms with Crippen LogP contribution in [-0.4, -0.2) is 48.1 Å². The van der Waals surface area contributed by atoms with Gasteiger partial charge in [0.1, 0.15) is 11.0 Å². The molecule has 2 rings (SSSR count). The summed E-state index contributed by atoms with van der Waals surface area (Å²) in [4.78, 5) is 12.6. The fourth-order valence-electron chi connectivity index (χ4n) is 2.75. The van der Waals surface area contributed by atoms with Gasteiger partial charge in [-0.25, -0.2) is 4.98 Å². The lowest BCUT2D eigenvalue weighted by Gasteiger charge is -2.32. The molecule has 6 heteroatoms. The van der Waals surface area contributed by atoms with Gasteiger partial charge in [0, 0.05) is 32.2 Å². The van der Waals surface area contributed by atoms with Gasteiger partial charge in [0.15, 0.2) is 0 Å². The van der Waals surface area contributed by atoms with Crippen LogP contribution >= 0.6 is 11.6 Å². The summed E-state index contributed by atoms with van der Waals surface area (Å²) in [6.07, 6.45) is 6.77. The molecule has 0 bridgehead atoms. The molecule has 112 valence electrons. The minimum atomic E-state index is 0.222. The first-order chi connectivity index (χ1) is 9.56. The maximum absolute atomic E-state index is 5.91. The molecule has 0 atom stereocenters. The molecule has 1 aliphatic carbocycles. The first-order valence-electron chi connectivity index (χ1n) is 7.27. The van der Waals surface area contributed by atoms with E-state index in [0.717, 1.165) is 24.9 Å². The SMILES string of the molecule is CN(CCN(C)C1CCCCC1)c1cc(Cl)nc(N)n1. The van der Waals surface area contributed by atoms with Crippen LogP contribution in [0, 0.1) is 0 Å². The molecule has 1 aromatic heterocycles. The van der Waals surface area contributed by atoms with Gasteiger partial charge in [0.05, 0.1) is 0 Å². The molecule has 1 aromatic rings. The average molecular weight is 298 g/mol. The van der Waals surface area contributed by atoms with Crippen molar-refractivity contribution in [1.82, 2.24) is 14.9 Å². The minimum absolute atomic E-state index is 0.222. The van der Waals surface area contributed by atoms with E-state index in [1.807, 2.05) is 7.05 Å². The fraction of sp³-hybridized carbons (Fsp3) is 0.714. The number of hydrogen-bond acceptors (Lipinski definition) is 5. The van der Waals surface area contributed by atoms with Crippen LogP contribution in [0.3, 0.4) is 0 Å². The zero-order chi connectivity index (χ0) is 14.5. The van der Waals surface area contributed by atoms with Crippen molar-refractivity contribution in [2.24, 2.45) is 0 Å². The Bertz CT molecular complexity index is 413. The Hall–Kier alpha value is -1.07. The Morgan fingerprint density at radius 3 is 2.55 bits per heavy atom. The molecule has 1 saturated carbocycles. The molecule has 1 fully saturated rings. The second kappa shape index (κ2) is 7.09. The summed E-state index contributed by atoms with van der Waals surface area (Å²) in [6, 6.07) is 2.48. The summed E-state index contributed by atoms with van der Waals surface area (Å²) in [7, 11) is 4.22. The highest BCUT2D eigenvalue weighted by molar-refractivity contribution is 6.29. The van der Waals surface area contributed by atoms with Crippen LogP contribution in [-0.2, 0) is 0 Å². The van der Waals surface area contributed by atoms with Crippen molar-refractivity contribution < 1.29 is 0 Å². The molecule has 0 amide bonds. The predicted molar refractivity (Wildman–Crippen MR) is 84.2 cm³/mol. The van der Waals surface area contributed by atoms with Crippen LogP contribution < -0.4 is 10.6 Å². The van der Waals surface area contributed by atoms with Gasteiger partial charge in [0.25, 0.3) is 0 Å². The Labute approximate surface area is 126 Å². The Balaban J connectivity index is 1.86. The van der Waals surface area contributed by atoms with E-state index in [2.05, 4.69) is 26.8 Å². The first-order valence-corrected chi connectivity index (χ1v) is 7.65. The number of rotatable bonds is 5. The number of anilines is 2. The summed E-state index contributed by atoms with van der Waals surface area (Å²) in [5.41, 5.74) is 5.63. The predicted octanol–water partition coefficient (Wildman–Crippen LogP) is 2.41. The molecule has 1 aliphatic rings. The third kappa shape index (κ3) is 4.21. The molecule has 0 aliphatic heterocycles. The van der Waals surface area contributed by atoms with E-state index >= 15 is 0 Å². The maximum Gasteiger partial charge on any atom is 0.223 e. The van der Waals surface area contributed by atoms with Crippen molar-refractivity contribution in [2.75, 3.05) is 37.8 Å². The van der Waals surface area contributed by atoms with Gasteiger partial charge in [-0.15, -0.1) is 0 Å². The molecule has 0 radical (unpaired) electrons. The van der Waals surface area contributed by atoms with E-state index in [9.17, 15) is 0 Å². The molecule has 1 heterocycles. The van der Waals surface area contributed by atoms with Crippen LogP contribution in [0.4, 0.5) is 11.8 Å². The van der Waals surface area contributed by atoms with Gasteiger partial charge in [-0.3, -0.25) is 0 Å². The molecule has 0 unspecified atom stereocenters. The van der Waals surface area contributed by atoms with Gasteiger partial charge in [0.2, 0.25) is 5.95 Å². The molecule has 20 heavy (non-hydrogen) atoms. The van der Waals surface area contributed by atoms with Gasteiger partial charge in [-0.1, -0.05) is 30.9 Å². The smallest absolute Gasteiger partial charge is 0.223 e. The maximum atomic E-state index is 5.91. The third-order valence-electron chi connectivity index (χ3n) is 4.08. The van der Waals surface area contributed by atoms with E-state index in [0.29, 0.717) is 5.15 Å². The topological polar surface area (TPSA) is 58.3 Å². The number of hydrogen-bond donors (Lipinski definition) is 1. The third-order valence-corrected chi connectivity index (χ3v) is 4.27. The summed E-state index contributed by atoms with van der Waals surface area (Å²) in [5, 5.41) is 0.389. The first kappa shape index (κ1) is 15.3. The van der Waals surface area contributed by atoms with Crippen LogP contribution in [0.25, 0.3) is 0 Å². The highest BCUT2D eigenvalue weighted by Crippen LogP contribution is 2.21. The minimum Gasteiger partial charge on any atom is -0.368 e. The number of aromatic nitrogens is 2. The Morgan fingerprint density at radius 1 is 1.20 bits per heavy atom. The van der Waals surface area contributed by atoms with Crippen molar-refractivity contribution in [1.29, 1.82) is 0 Å². The zero-order valence-electron chi connectivity index (χ0n) is 12.3. The van der Waals surface area contributed by atoms with Crippen LogP contribution in [0.1, 0.15) is 32.1 Å². The van der Waals surface area contributed by atoms with Crippen molar-refractivity contribution in [3.05, 3.63) is 11.2 Å². The quantitative estimate of drug-likeness (QED) is 0.846. The van der Waals surface area contributed by atoms with Crippen molar-refractivity contribution in [3.63, 3.8) is 0 Å². The van der Waals surface area contributed by atoms with Crippen molar-refractivity contribution >= 4 is 23.4 Å². The number of likely N-dealkylation sites (N-methyl/N-ethyl adjacent to an activating group) is 2. The van der Waals surface area contributed by atoms with Crippen molar-refractivity contribution in [3.8, 4) is 0 Å². The van der Waals surface area contributed by atoms with Crippen LogP contribution in [0.5, 0.6) is 0 Å². The normalized spacial score (nSPS) is 16.6. The summed E-state index contributed by atoms with van der Waals surface area (Å²) in [5.74, 6) is 1.000. The van der Waals surface area contributed by atoms with Crippen LogP contribution in [0.2, 0.25) is 5.15 Å². The molecular weight excluding hydrogens is 274 g/mol. The van der Waals surface area contributed by atoms with E-state index < -0.39 is 0 Å². The molecule has 0 aromatic carbocycles. The van der Waals surface area contributed by atoms with E-state index in [1.165, 1.54) is 32.1 Å². The highest BCUT2D eigenvalue weighted by atomic mass is 35.5. The molecule has 2 N–H and O–H groups in total. The Kier molecular flexibility index (Phi) is 5.43. The summed E-state index contributed by atoms with van der Waals surface area (Å²) in [6.45, 7) is 1.92. The van der Waals surface area contributed by atoms with E-state index in [1.54, 1.807) is 6.07 Å². The highest BCUT2D eigenvalue weighted by Gasteiger charge is 2.18. The number of nitrogen functional groups attached to an aromatic ring is 1. The fourth-order valence-corrected chi connectivity index (χ4v) is 2.93. The number of nitrogens with two attached hydrogens (primary N) is 1. The van der Waals surface area contributed by atoms with Gasteiger partial charge >= 0.3 is 0 Å². The van der Waals surface area contributed by atoms with E-state index in [4.69, 9.17) is 17.3 Å². The average Bonchev–Trinajstić information content (AvgIpc) is 2.44. The van der Waals surface area contributed by atoms with Crippen molar-refractivity contribution in [2.45, 2.75) is 38.1 Å². The largest absolute Gasteiger partial charge is 0.368 e. The standard InChI is InChI=1S/C14H24ClN5/c1-19(11-6-4-3-5-7-11)8-9-20(2)13-10-12(15)17-14(16)18-13/h10-11H,3-9H2,1-2H3,(H2,16,17,18). The Morgan fingerprint density at radius 2 is 1.90 bits per heavy atom. The molecule has 5 nitrogen and oxygen atoms in total. The summed E-state index contributed by atoms with van der Waals surface area (Å²) >= 11 is 5.91. The lowest BCUT2D eigenvalue weighted by molar-refractivity contribution is 0.196. The number of nitrogens with zero attached hydrogens (tertiary/aromatic N) is 4. The monoisotopic (exact) mass is 297 g/mol. The van der Waals surface area contributed by atoms with Gasteiger partial charge < -0.3 is 15.5 Å². The van der Waals surface area contributed by atoms with Gasteiger partial charge in [-0.05, 0) is 19.9 Å². The molecule has 0 saturated heterocycles. The lowest BCUT2D eigenvalue weighted by atomic mass is 9.94. The second-order valence-corrected chi connectivity index (χ2v) is 5.99. The second-order valence-electron chi connectivity index (χ2n) is 5.60. The lowest BCUT2D eigenvalue weighted by Crippen LogP contribution is -2.38. The molecular formula is C14H24ClN5.